The molecule has 1 aliphatic rings. The van der Waals surface area contributed by atoms with Crippen LogP contribution in [0.25, 0.3) is 0 Å². The summed E-state index contributed by atoms with van der Waals surface area (Å²) in [5.41, 5.74) is 1.04. The summed E-state index contributed by atoms with van der Waals surface area (Å²) in [5, 5.41) is 2.15. The number of thiophene rings is 1. The van der Waals surface area contributed by atoms with Crippen LogP contribution in [0.15, 0.2) is 47.8 Å². The maximum atomic E-state index is 12.6. The van der Waals surface area contributed by atoms with Crippen molar-refractivity contribution < 1.29 is 4.79 Å². The third-order valence-corrected chi connectivity index (χ3v) is 6.07. The summed E-state index contributed by atoms with van der Waals surface area (Å²) < 4.78 is 0. The topological polar surface area (TPSA) is 23.6 Å². The molecule has 2 aromatic rings. The summed E-state index contributed by atoms with van der Waals surface area (Å²) in [7, 11) is 0. The van der Waals surface area contributed by atoms with Crippen LogP contribution in [-0.2, 0) is 11.2 Å². The number of carbonyl (C=O) groups is 1. The number of amides is 1. The van der Waals surface area contributed by atoms with Gasteiger partial charge in [0.2, 0.25) is 5.91 Å². The predicted octanol–water partition coefficient (Wildman–Crippen LogP) is 4.44. The average molecular weight is 357 g/mol. The Bertz CT molecular complexity index is 656. The predicted molar refractivity (Wildman–Crippen MR) is 106 cm³/mol. The Morgan fingerprint density at radius 3 is 2.68 bits per heavy atom. The Hall–Kier alpha value is -1.65. The molecule has 1 aromatic carbocycles. The third kappa shape index (κ3) is 4.50. The van der Waals surface area contributed by atoms with Crippen LogP contribution in [0.1, 0.15) is 31.6 Å². The lowest BCUT2D eigenvalue weighted by molar-refractivity contribution is -0.119. The Labute approximate surface area is 155 Å². The van der Waals surface area contributed by atoms with E-state index in [2.05, 4.69) is 46.4 Å². The monoisotopic (exact) mass is 356 g/mol. The number of anilines is 1. The highest BCUT2D eigenvalue weighted by molar-refractivity contribution is 7.09. The molecule has 0 saturated carbocycles. The molecule has 0 radical (unpaired) electrons. The van der Waals surface area contributed by atoms with Gasteiger partial charge >= 0.3 is 0 Å². The minimum atomic E-state index is 0.232. The zero-order valence-corrected chi connectivity index (χ0v) is 16.0. The lowest BCUT2D eigenvalue weighted by Gasteiger charge is -2.42. The molecule has 0 aliphatic carbocycles. The molecule has 25 heavy (non-hydrogen) atoms. The second kappa shape index (κ2) is 8.63. The molecule has 1 aliphatic heterocycles. The standard InChI is InChI=1S/C21H28N2OS/c1-3-21(24)23(18-8-5-4-6-9-18)20-12-14-22(16-17(20)2)13-11-19-10-7-15-25-19/h4-10,15,17,20H,3,11-14,16H2,1-2H3/t17-,20?/m1/s1. The molecular formula is C21H28N2OS. The SMILES string of the molecule is CCC(=O)N(c1ccccc1)C1CCN(CCc2cccs2)C[C@H]1C. The van der Waals surface area contributed by atoms with Gasteiger partial charge in [-0.15, -0.1) is 11.3 Å². The van der Waals surface area contributed by atoms with Gasteiger partial charge in [-0.1, -0.05) is 38.1 Å². The summed E-state index contributed by atoms with van der Waals surface area (Å²) >= 11 is 1.84. The van der Waals surface area contributed by atoms with E-state index in [0.29, 0.717) is 18.4 Å². The first-order valence-electron chi connectivity index (χ1n) is 9.31. The fourth-order valence-corrected chi connectivity index (χ4v) is 4.51. The lowest BCUT2D eigenvalue weighted by Crippen LogP contribution is -2.52. The molecule has 3 rings (SSSR count). The Morgan fingerprint density at radius 1 is 1.24 bits per heavy atom. The number of rotatable bonds is 6. The molecule has 134 valence electrons. The zero-order chi connectivity index (χ0) is 17.6. The number of benzene rings is 1. The van der Waals surface area contributed by atoms with E-state index in [1.54, 1.807) is 0 Å². The van der Waals surface area contributed by atoms with Crippen molar-refractivity contribution in [3.8, 4) is 0 Å². The number of carbonyl (C=O) groups excluding carboxylic acids is 1. The minimum Gasteiger partial charge on any atom is -0.309 e. The van der Waals surface area contributed by atoms with Gasteiger partial charge in [0.25, 0.3) is 0 Å². The van der Waals surface area contributed by atoms with Crippen molar-refractivity contribution >= 4 is 22.9 Å². The normalized spacial score (nSPS) is 21.2. The van der Waals surface area contributed by atoms with Crippen molar-refractivity contribution in [1.82, 2.24) is 4.90 Å². The highest BCUT2D eigenvalue weighted by Gasteiger charge is 2.33. The molecule has 0 N–H and O–H groups in total. The van der Waals surface area contributed by atoms with E-state index in [1.807, 2.05) is 36.5 Å². The van der Waals surface area contributed by atoms with Gasteiger partial charge in [0.05, 0.1) is 0 Å². The number of likely N-dealkylation sites (tertiary alicyclic amines) is 1. The highest BCUT2D eigenvalue weighted by Crippen LogP contribution is 2.28. The molecule has 1 amide bonds. The first kappa shape index (κ1) is 18.2. The number of hydrogen-bond acceptors (Lipinski definition) is 3. The largest absolute Gasteiger partial charge is 0.309 e. The van der Waals surface area contributed by atoms with Gasteiger partial charge in [0, 0.05) is 42.7 Å². The Morgan fingerprint density at radius 2 is 2.04 bits per heavy atom. The first-order chi connectivity index (χ1) is 12.2. The van der Waals surface area contributed by atoms with Crippen LogP contribution in [0.5, 0.6) is 0 Å². The Kier molecular flexibility index (Phi) is 6.27. The molecule has 2 atom stereocenters. The number of hydrogen-bond donors (Lipinski definition) is 0. The van der Waals surface area contributed by atoms with E-state index in [4.69, 9.17) is 0 Å². The van der Waals surface area contributed by atoms with E-state index in [0.717, 1.165) is 38.2 Å². The van der Waals surface area contributed by atoms with Gasteiger partial charge in [0.1, 0.15) is 0 Å². The van der Waals surface area contributed by atoms with Gasteiger partial charge in [-0.25, -0.2) is 0 Å². The summed E-state index contributed by atoms with van der Waals surface area (Å²) in [6, 6.07) is 14.8. The van der Waals surface area contributed by atoms with Crippen molar-refractivity contribution in [1.29, 1.82) is 0 Å². The van der Waals surface area contributed by atoms with Gasteiger partial charge < -0.3 is 9.80 Å². The van der Waals surface area contributed by atoms with Crippen molar-refractivity contribution in [2.24, 2.45) is 5.92 Å². The highest BCUT2D eigenvalue weighted by atomic mass is 32.1. The summed E-state index contributed by atoms with van der Waals surface area (Å²) in [4.78, 5) is 18.7. The fraction of sp³-hybridized carbons (Fsp3) is 0.476. The van der Waals surface area contributed by atoms with Crippen molar-refractivity contribution in [2.45, 2.75) is 39.2 Å². The molecule has 1 fully saturated rings. The lowest BCUT2D eigenvalue weighted by atomic mass is 9.91. The fourth-order valence-electron chi connectivity index (χ4n) is 3.81. The summed E-state index contributed by atoms with van der Waals surface area (Å²) in [5.74, 6) is 0.711. The van der Waals surface area contributed by atoms with Gasteiger partial charge in [-0.2, -0.15) is 0 Å². The van der Waals surface area contributed by atoms with Crippen LogP contribution in [0.2, 0.25) is 0 Å². The number of para-hydroxylation sites is 1. The molecule has 1 saturated heterocycles. The second-order valence-electron chi connectivity index (χ2n) is 6.92. The molecular weight excluding hydrogens is 328 g/mol. The van der Waals surface area contributed by atoms with Crippen molar-refractivity contribution in [3.05, 3.63) is 52.7 Å². The van der Waals surface area contributed by atoms with E-state index >= 15 is 0 Å². The minimum absolute atomic E-state index is 0.232. The van der Waals surface area contributed by atoms with E-state index in [-0.39, 0.29) is 5.91 Å². The van der Waals surface area contributed by atoms with E-state index in [9.17, 15) is 4.79 Å². The number of nitrogens with zero attached hydrogens (tertiary/aromatic N) is 2. The second-order valence-corrected chi connectivity index (χ2v) is 7.95. The van der Waals surface area contributed by atoms with E-state index < -0.39 is 0 Å². The van der Waals surface area contributed by atoms with Gasteiger partial charge in [-0.05, 0) is 42.3 Å². The molecule has 1 aromatic heterocycles. The van der Waals surface area contributed by atoms with Crippen LogP contribution >= 0.6 is 11.3 Å². The summed E-state index contributed by atoms with van der Waals surface area (Å²) in [6.45, 7) is 7.50. The van der Waals surface area contributed by atoms with Crippen LogP contribution in [0.3, 0.4) is 0 Å². The Balaban J connectivity index is 1.65. The maximum Gasteiger partial charge on any atom is 0.226 e. The quantitative estimate of drug-likeness (QED) is 0.764. The zero-order valence-electron chi connectivity index (χ0n) is 15.2. The van der Waals surface area contributed by atoms with Crippen LogP contribution in [-0.4, -0.2) is 36.5 Å². The smallest absolute Gasteiger partial charge is 0.226 e. The van der Waals surface area contributed by atoms with E-state index in [1.165, 1.54) is 4.88 Å². The van der Waals surface area contributed by atoms with Crippen LogP contribution in [0, 0.1) is 5.92 Å². The molecule has 0 spiro atoms. The molecule has 4 heteroatoms. The molecule has 0 bridgehead atoms. The molecule has 1 unspecified atom stereocenters. The maximum absolute atomic E-state index is 12.6. The summed E-state index contributed by atoms with van der Waals surface area (Å²) in [6.07, 6.45) is 2.73. The third-order valence-electron chi connectivity index (χ3n) is 5.14. The van der Waals surface area contributed by atoms with Gasteiger partial charge in [0.15, 0.2) is 0 Å². The van der Waals surface area contributed by atoms with Crippen molar-refractivity contribution in [3.63, 3.8) is 0 Å². The molecule has 2 heterocycles. The van der Waals surface area contributed by atoms with Crippen LogP contribution in [0.4, 0.5) is 5.69 Å². The number of piperidine rings is 1. The van der Waals surface area contributed by atoms with Crippen LogP contribution < -0.4 is 4.90 Å². The van der Waals surface area contributed by atoms with Crippen molar-refractivity contribution in [2.75, 3.05) is 24.5 Å². The van der Waals surface area contributed by atoms with Gasteiger partial charge in [-0.3, -0.25) is 4.79 Å². The average Bonchev–Trinajstić information content (AvgIpc) is 3.16. The first-order valence-corrected chi connectivity index (χ1v) is 10.2. The molecule has 3 nitrogen and oxygen atoms in total.